The zero-order chi connectivity index (χ0) is 39.8. The van der Waals surface area contributed by atoms with Gasteiger partial charge in [-0.15, -0.1) is 0 Å². The van der Waals surface area contributed by atoms with E-state index in [1.807, 2.05) is 53.7 Å². The number of hydrogen-bond donors (Lipinski definition) is 5. The fourth-order valence-corrected chi connectivity index (χ4v) is 7.76. The Hall–Kier alpha value is -3.49. The van der Waals surface area contributed by atoms with E-state index in [-0.39, 0.29) is 37.6 Å². The van der Waals surface area contributed by atoms with Crippen molar-refractivity contribution in [1.29, 1.82) is 0 Å². The van der Waals surface area contributed by atoms with Gasteiger partial charge < -0.3 is 45.0 Å². The van der Waals surface area contributed by atoms with Gasteiger partial charge in [0.1, 0.15) is 11.9 Å². The number of benzene rings is 2. The minimum atomic E-state index is -1.48. The largest absolute Gasteiger partial charge is 0.490 e. The summed E-state index contributed by atoms with van der Waals surface area (Å²) in [6.07, 6.45) is 7.48. The van der Waals surface area contributed by atoms with Crippen molar-refractivity contribution in [2.75, 3.05) is 33.3 Å². The van der Waals surface area contributed by atoms with E-state index >= 15 is 0 Å². The summed E-state index contributed by atoms with van der Waals surface area (Å²) in [5.41, 5.74) is 4.45. The number of aromatic nitrogens is 1. The van der Waals surface area contributed by atoms with Crippen LogP contribution in [0.1, 0.15) is 80.9 Å². The molecule has 1 saturated heterocycles. The van der Waals surface area contributed by atoms with E-state index in [1.54, 1.807) is 0 Å². The standard InChI is InChI=1S/C42H54Cl2N4O8/c1-47(25-37(51)40(53)36(50)15-21-49)41(54)46-29-13-19-48(20-14-29)39(52)9-5-2-6-27-22-35(44)28(23-34(27)43)26-55-42(16-17-42)33-24-45-18-12-31(33)32-7-3-4-8-38(32)56-30-10-11-30/h3-4,7-8,12,18,22-24,29-30,36-37,40,49-51,53H,2,5-6,9-11,13-17,19-21,25-26H2,1H3,(H,46,54)/t36-,37+,40+/m0/s1. The maximum Gasteiger partial charge on any atom is 0.317 e. The number of carbonyl (C=O) groups excluding carboxylic acids is 2. The zero-order valence-corrected chi connectivity index (χ0v) is 33.4. The molecule has 6 rings (SSSR count). The Morgan fingerprint density at radius 3 is 2.41 bits per heavy atom. The molecule has 0 radical (unpaired) electrons. The number of amides is 3. The van der Waals surface area contributed by atoms with Crippen LogP contribution in [0.25, 0.3) is 11.1 Å². The van der Waals surface area contributed by atoms with Crippen molar-refractivity contribution in [3.63, 3.8) is 0 Å². The number of nitrogens with one attached hydrogen (secondary N) is 1. The zero-order valence-electron chi connectivity index (χ0n) is 31.9. The quantitative estimate of drug-likeness (QED) is 0.0968. The third kappa shape index (κ3) is 10.9. The summed E-state index contributed by atoms with van der Waals surface area (Å²) < 4.78 is 12.9. The van der Waals surface area contributed by atoms with Gasteiger partial charge in [-0.25, -0.2) is 4.79 Å². The number of piperidine rings is 1. The first-order valence-corrected chi connectivity index (χ1v) is 20.5. The molecule has 14 heteroatoms. The molecule has 3 aliphatic rings. The number of carbonyl (C=O) groups is 2. The number of halogens is 2. The molecule has 3 amide bonds. The lowest BCUT2D eigenvalue weighted by Crippen LogP contribution is -2.52. The van der Waals surface area contributed by atoms with Crippen molar-refractivity contribution in [2.45, 2.75) is 113 Å². The molecular weight excluding hydrogens is 759 g/mol. The van der Waals surface area contributed by atoms with E-state index in [9.17, 15) is 24.9 Å². The summed E-state index contributed by atoms with van der Waals surface area (Å²) in [5.74, 6) is 0.959. The second-order valence-corrected chi connectivity index (χ2v) is 16.2. The molecule has 2 saturated carbocycles. The molecule has 304 valence electrons. The van der Waals surface area contributed by atoms with Crippen LogP contribution >= 0.6 is 23.2 Å². The van der Waals surface area contributed by atoms with Gasteiger partial charge in [0, 0.05) is 72.8 Å². The summed E-state index contributed by atoms with van der Waals surface area (Å²) in [5, 5.41) is 43.1. The highest BCUT2D eigenvalue weighted by atomic mass is 35.5. The molecule has 1 aliphatic heterocycles. The number of ether oxygens (including phenoxy) is 2. The minimum Gasteiger partial charge on any atom is -0.490 e. The fourth-order valence-electron chi connectivity index (χ4n) is 7.24. The summed E-state index contributed by atoms with van der Waals surface area (Å²) in [6, 6.07) is 13.4. The molecule has 3 atom stereocenters. The molecule has 3 aromatic rings. The van der Waals surface area contributed by atoms with Crippen molar-refractivity contribution in [3.05, 3.63) is 81.6 Å². The van der Waals surface area contributed by atoms with Crippen LogP contribution in [-0.2, 0) is 28.2 Å². The van der Waals surface area contributed by atoms with Crippen LogP contribution in [-0.4, -0.2) is 111 Å². The second kappa shape index (κ2) is 19.3. The highest BCUT2D eigenvalue weighted by Crippen LogP contribution is 2.53. The summed E-state index contributed by atoms with van der Waals surface area (Å²) >= 11 is 13.5. The lowest BCUT2D eigenvalue weighted by atomic mass is 9.96. The van der Waals surface area contributed by atoms with Gasteiger partial charge in [-0.05, 0) is 105 Å². The Labute approximate surface area is 338 Å². The van der Waals surface area contributed by atoms with E-state index in [0.717, 1.165) is 65.7 Å². The Morgan fingerprint density at radius 2 is 1.70 bits per heavy atom. The molecule has 0 spiro atoms. The Morgan fingerprint density at radius 1 is 0.982 bits per heavy atom. The van der Waals surface area contributed by atoms with Crippen LogP contribution in [0.15, 0.2) is 54.9 Å². The topological polar surface area (TPSA) is 165 Å². The Bertz CT molecular complexity index is 1800. The van der Waals surface area contributed by atoms with Crippen LogP contribution in [0, 0.1) is 0 Å². The molecular formula is C42H54Cl2N4O8. The number of rotatable bonds is 19. The maximum absolute atomic E-state index is 13.0. The number of unbranched alkanes of at least 4 members (excludes halogenated alkanes) is 1. The lowest BCUT2D eigenvalue weighted by Gasteiger charge is -2.34. The number of pyridine rings is 1. The summed E-state index contributed by atoms with van der Waals surface area (Å²) in [6.45, 7) is 0.841. The number of likely N-dealkylation sites (N-methyl/N-ethyl adjacent to an activating group) is 1. The highest BCUT2D eigenvalue weighted by molar-refractivity contribution is 6.34. The number of aryl methyl sites for hydroxylation is 1. The van der Waals surface area contributed by atoms with E-state index in [0.29, 0.717) is 61.8 Å². The third-order valence-electron chi connectivity index (χ3n) is 11.0. The molecule has 12 nitrogen and oxygen atoms in total. The smallest absolute Gasteiger partial charge is 0.317 e. The number of nitrogens with zero attached hydrogens (tertiary/aromatic N) is 3. The van der Waals surface area contributed by atoms with Crippen molar-refractivity contribution < 1.29 is 39.5 Å². The van der Waals surface area contributed by atoms with Crippen LogP contribution in [0.2, 0.25) is 10.0 Å². The predicted molar refractivity (Wildman–Crippen MR) is 214 cm³/mol. The number of para-hydroxylation sites is 1. The van der Waals surface area contributed by atoms with Crippen molar-refractivity contribution in [3.8, 4) is 16.9 Å². The Kier molecular flexibility index (Phi) is 14.5. The predicted octanol–water partition coefficient (Wildman–Crippen LogP) is 5.61. The van der Waals surface area contributed by atoms with Gasteiger partial charge in [0.2, 0.25) is 5.91 Å². The first-order chi connectivity index (χ1) is 27.0. The van der Waals surface area contributed by atoms with Gasteiger partial charge in [0.25, 0.3) is 0 Å². The average molecular weight is 814 g/mol. The molecule has 2 aliphatic carbocycles. The van der Waals surface area contributed by atoms with E-state index in [4.69, 9.17) is 37.8 Å². The monoisotopic (exact) mass is 812 g/mol. The fraction of sp³-hybridized carbons (Fsp3) is 0.548. The van der Waals surface area contributed by atoms with E-state index in [1.165, 1.54) is 11.9 Å². The van der Waals surface area contributed by atoms with Crippen LogP contribution in [0.3, 0.4) is 0 Å². The maximum atomic E-state index is 13.0. The summed E-state index contributed by atoms with van der Waals surface area (Å²) in [4.78, 5) is 33.2. The average Bonchev–Trinajstić information content (AvgIpc) is 4.15. The summed E-state index contributed by atoms with van der Waals surface area (Å²) in [7, 11) is 1.49. The van der Waals surface area contributed by atoms with Gasteiger partial charge >= 0.3 is 6.03 Å². The minimum absolute atomic E-state index is 0.0757. The van der Waals surface area contributed by atoms with Crippen molar-refractivity contribution in [1.82, 2.24) is 20.1 Å². The first kappa shape index (κ1) is 42.1. The number of aliphatic hydroxyl groups is 4. The second-order valence-electron chi connectivity index (χ2n) is 15.4. The number of urea groups is 1. The lowest BCUT2D eigenvalue weighted by molar-refractivity contribution is -0.132. The molecule has 0 bridgehead atoms. The SMILES string of the molecule is CN(C[C@@H](O)[C@H](O)[C@@H](O)CCO)C(=O)NC1CCN(C(=O)CCCCc2cc(Cl)c(COC3(c4cnccc4-c4ccccc4OC4CC4)CC3)cc2Cl)CC1. The molecule has 3 fully saturated rings. The molecule has 2 heterocycles. The van der Waals surface area contributed by atoms with Crippen molar-refractivity contribution in [2.24, 2.45) is 0 Å². The number of hydrogen-bond acceptors (Lipinski definition) is 9. The van der Waals surface area contributed by atoms with E-state index in [2.05, 4.69) is 16.4 Å². The number of likely N-dealkylation sites (tertiary alicyclic amines) is 1. The highest BCUT2D eigenvalue weighted by Gasteiger charge is 2.48. The van der Waals surface area contributed by atoms with E-state index < -0.39 is 29.9 Å². The van der Waals surface area contributed by atoms with Gasteiger partial charge in [0.05, 0.1) is 37.1 Å². The third-order valence-corrected chi connectivity index (χ3v) is 11.7. The van der Waals surface area contributed by atoms with Gasteiger partial charge in [0.15, 0.2) is 0 Å². The van der Waals surface area contributed by atoms with Crippen molar-refractivity contribution >= 4 is 35.1 Å². The molecule has 5 N–H and O–H groups in total. The molecule has 0 unspecified atom stereocenters. The van der Waals surface area contributed by atoms with Crippen LogP contribution in [0.4, 0.5) is 4.79 Å². The molecule has 56 heavy (non-hydrogen) atoms. The van der Waals surface area contributed by atoms with Crippen LogP contribution < -0.4 is 10.1 Å². The normalized spacial score (nSPS) is 18.2. The number of aliphatic hydroxyl groups excluding tert-OH is 4. The molecule has 2 aromatic carbocycles. The van der Waals surface area contributed by atoms with Gasteiger partial charge in [-0.1, -0.05) is 41.4 Å². The van der Waals surface area contributed by atoms with Gasteiger partial charge in [-0.3, -0.25) is 9.78 Å². The molecule has 1 aromatic heterocycles. The Balaban J connectivity index is 0.926. The van der Waals surface area contributed by atoms with Gasteiger partial charge in [-0.2, -0.15) is 0 Å². The first-order valence-electron chi connectivity index (χ1n) is 19.7. The van der Waals surface area contributed by atoms with Crippen LogP contribution in [0.5, 0.6) is 5.75 Å².